The predicted octanol–water partition coefficient (Wildman–Crippen LogP) is 0.929. The third-order valence-electron chi connectivity index (χ3n) is 3.56. The van der Waals surface area contributed by atoms with Crippen LogP contribution in [0.25, 0.3) is 0 Å². The number of nitrogens with zero attached hydrogens (tertiary/aromatic N) is 3. The summed E-state index contributed by atoms with van der Waals surface area (Å²) in [5.74, 6) is 0.393. The number of hydrogen-bond acceptors (Lipinski definition) is 7. The van der Waals surface area contributed by atoms with E-state index in [1.165, 1.54) is 4.68 Å². The van der Waals surface area contributed by atoms with Crippen LogP contribution in [-0.2, 0) is 16.6 Å². The summed E-state index contributed by atoms with van der Waals surface area (Å²) in [6, 6.07) is 7.04. The Morgan fingerprint density at radius 3 is 2.80 bits per heavy atom. The lowest BCUT2D eigenvalue weighted by molar-refractivity contribution is -0.392. The average molecular weight is 368 g/mol. The van der Waals surface area contributed by atoms with Gasteiger partial charge in [0.1, 0.15) is 12.7 Å². The van der Waals surface area contributed by atoms with Gasteiger partial charge in [-0.3, -0.25) is 0 Å². The van der Waals surface area contributed by atoms with Crippen LogP contribution in [0.15, 0.2) is 35.4 Å². The molecular formula is C14H16N4O6S. The summed E-state index contributed by atoms with van der Waals surface area (Å²) < 4.78 is 39.5. The number of ether oxygens (including phenoxy) is 2. The molecule has 0 spiro atoms. The zero-order chi connectivity index (χ0) is 18.0. The first-order chi connectivity index (χ1) is 11.9. The Bertz CT molecular complexity index is 894. The normalized spacial score (nSPS) is 16.6. The molecular weight excluding hydrogens is 352 g/mol. The van der Waals surface area contributed by atoms with E-state index in [0.717, 1.165) is 6.20 Å². The van der Waals surface area contributed by atoms with Crippen LogP contribution < -0.4 is 14.2 Å². The van der Waals surface area contributed by atoms with Crippen LogP contribution in [0.3, 0.4) is 0 Å². The molecule has 0 aliphatic carbocycles. The summed E-state index contributed by atoms with van der Waals surface area (Å²) in [4.78, 5) is 9.74. The van der Waals surface area contributed by atoms with Crippen molar-refractivity contribution in [3.63, 3.8) is 0 Å². The molecule has 3 rings (SSSR count). The van der Waals surface area contributed by atoms with Gasteiger partial charge in [0.05, 0.1) is 24.4 Å². The van der Waals surface area contributed by atoms with Gasteiger partial charge in [-0.2, -0.15) is 4.68 Å². The molecule has 0 saturated carbocycles. The molecule has 1 atom stereocenters. The lowest BCUT2D eigenvalue weighted by Crippen LogP contribution is -2.40. The smallest absolute Gasteiger partial charge is 0.410 e. The average Bonchev–Trinajstić information content (AvgIpc) is 3.06. The van der Waals surface area contributed by atoms with Crippen molar-refractivity contribution in [2.45, 2.75) is 24.5 Å². The summed E-state index contributed by atoms with van der Waals surface area (Å²) in [5, 5.41) is 14.7. The largest absolute Gasteiger partial charge is 0.486 e. The highest BCUT2D eigenvalue weighted by Crippen LogP contribution is 2.30. The van der Waals surface area contributed by atoms with Crippen molar-refractivity contribution in [1.29, 1.82) is 0 Å². The number of rotatable bonds is 6. The van der Waals surface area contributed by atoms with Crippen LogP contribution >= 0.6 is 0 Å². The fraction of sp³-hybridized carbons (Fsp3) is 0.357. The Morgan fingerprint density at radius 1 is 1.40 bits per heavy atom. The van der Waals surface area contributed by atoms with Gasteiger partial charge in [-0.25, -0.2) is 13.1 Å². The summed E-state index contributed by atoms with van der Waals surface area (Å²) in [7, 11) is -4.11. The highest BCUT2D eigenvalue weighted by atomic mass is 32.2. The molecule has 0 amide bonds. The standard InChI is InChI=1S/C14H16N4O6S/c1-2-17-8-13(14(16-17)18(19)20)25(21,22)15-7-10-9-23-11-5-3-4-6-12(11)24-10/h3-6,8,10,15H,2,7,9H2,1H3/t10-/m1/s1. The number of fused-ring (bicyclic) bond motifs is 1. The van der Waals surface area contributed by atoms with Gasteiger partial charge in [0.2, 0.25) is 4.90 Å². The zero-order valence-electron chi connectivity index (χ0n) is 13.3. The van der Waals surface area contributed by atoms with Gasteiger partial charge in [-0.1, -0.05) is 12.1 Å². The van der Waals surface area contributed by atoms with Crippen molar-refractivity contribution < 1.29 is 22.8 Å². The molecule has 2 aromatic rings. The zero-order valence-corrected chi connectivity index (χ0v) is 14.1. The number of aryl methyl sites for hydroxylation is 1. The maximum atomic E-state index is 12.4. The van der Waals surface area contributed by atoms with E-state index in [1.807, 2.05) is 0 Å². The van der Waals surface area contributed by atoms with Crippen LogP contribution in [0.1, 0.15) is 6.92 Å². The second kappa shape index (κ2) is 6.69. The summed E-state index contributed by atoms with van der Waals surface area (Å²) in [5.41, 5.74) is 0. The van der Waals surface area contributed by atoms with Crippen molar-refractivity contribution in [2.24, 2.45) is 0 Å². The second-order valence-electron chi connectivity index (χ2n) is 5.28. The molecule has 0 bridgehead atoms. The molecule has 134 valence electrons. The summed E-state index contributed by atoms with van der Waals surface area (Å²) >= 11 is 0. The fourth-order valence-electron chi connectivity index (χ4n) is 2.32. The van der Waals surface area contributed by atoms with Gasteiger partial charge in [-0.15, -0.1) is 0 Å². The maximum Gasteiger partial charge on any atom is 0.410 e. The molecule has 11 heteroatoms. The van der Waals surface area contributed by atoms with Crippen LogP contribution in [0.2, 0.25) is 0 Å². The van der Waals surface area contributed by atoms with Gasteiger partial charge >= 0.3 is 5.82 Å². The van der Waals surface area contributed by atoms with Crippen LogP contribution in [0.4, 0.5) is 5.82 Å². The molecule has 10 nitrogen and oxygen atoms in total. The molecule has 0 saturated heterocycles. The molecule has 1 aromatic heterocycles. The molecule has 25 heavy (non-hydrogen) atoms. The number of para-hydroxylation sites is 2. The van der Waals surface area contributed by atoms with Crippen molar-refractivity contribution >= 4 is 15.8 Å². The Kier molecular flexibility index (Phi) is 4.59. The number of hydrogen-bond donors (Lipinski definition) is 1. The van der Waals surface area contributed by atoms with Gasteiger partial charge in [0, 0.05) is 0 Å². The van der Waals surface area contributed by atoms with Gasteiger partial charge in [0.25, 0.3) is 10.0 Å². The summed E-state index contributed by atoms with van der Waals surface area (Å²) in [6.45, 7) is 2.08. The van der Waals surface area contributed by atoms with E-state index in [4.69, 9.17) is 9.47 Å². The van der Waals surface area contributed by atoms with Crippen molar-refractivity contribution in [1.82, 2.24) is 14.5 Å². The van der Waals surface area contributed by atoms with E-state index in [2.05, 4.69) is 9.82 Å². The molecule has 0 fully saturated rings. The van der Waals surface area contributed by atoms with Gasteiger partial charge in [0.15, 0.2) is 11.5 Å². The topological polar surface area (TPSA) is 126 Å². The lowest BCUT2D eigenvalue weighted by Gasteiger charge is -2.26. The van der Waals surface area contributed by atoms with Gasteiger partial charge < -0.3 is 19.6 Å². The number of nitrogens with one attached hydrogen (secondary N) is 1. The lowest BCUT2D eigenvalue weighted by atomic mass is 10.2. The number of sulfonamides is 1. The predicted molar refractivity (Wildman–Crippen MR) is 86.1 cm³/mol. The van der Waals surface area contributed by atoms with E-state index in [9.17, 15) is 18.5 Å². The van der Waals surface area contributed by atoms with E-state index in [-0.39, 0.29) is 13.2 Å². The SMILES string of the molecule is CCn1cc(S(=O)(=O)NC[C@@H]2COc3ccccc3O2)c([N+](=O)[O-])n1. The molecule has 1 aliphatic rings. The number of aromatic nitrogens is 2. The third kappa shape index (κ3) is 3.56. The minimum absolute atomic E-state index is 0.0921. The molecule has 1 aromatic carbocycles. The van der Waals surface area contributed by atoms with Crippen LogP contribution in [0, 0.1) is 10.1 Å². The van der Waals surface area contributed by atoms with E-state index in [0.29, 0.717) is 18.0 Å². The van der Waals surface area contributed by atoms with Gasteiger partial charge in [-0.05, 0) is 24.0 Å². The van der Waals surface area contributed by atoms with E-state index < -0.39 is 31.8 Å². The first-order valence-corrected chi connectivity index (χ1v) is 8.99. The maximum absolute atomic E-state index is 12.4. The number of nitro groups is 1. The first-order valence-electron chi connectivity index (χ1n) is 7.50. The first kappa shape index (κ1) is 17.2. The minimum atomic E-state index is -4.11. The molecule has 0 unspecified atom stereocenters. The van der Waals surface area contributed by atoms with Crippen LogP contribution in [-0.4, -0.2) is 42.4 Å². The van der Waals surface area contributed by atoms with Crippen molar-refractivity contribution in [2.75, 3.05) is 13.2 Å². The third-order valence-corrected chi connectivity index (χ3v) is 4.98. The second-order valence-corrected chi connectivity index (χ2v) is 7.01. The Morgan fingerprint density at radius 2 is 2.12 bits per heavy atom. The van der Waals surface area contributed by atoms with E-state index in [1.54, 1.807) is 31.2 Å². The summed E-state index contributed by atoms with van der Waals surface area (Å²) in [6.07, 6.45) is 0.582. The Balaban J connectivity index is 1.73. The number of benzene rings is 1. The quantitative estimate of drug-likeness (QED) is 0.594. The minimum Gasteiger partial charge on any atom is -0.486 e. The Labute approximate surface area is 143 Å². The highest BCUT2D eigenvalue weighted by molar-refractivity contribution is 7.89. The molecule has 1 aliphatic heterocycles. The molecule has 2 heterocycles. The highest BCUT2D eigenvalue weighted by Gasteiger charge is 2.32. The van der Waals surface area contributed by atoms with Crippen LogP contribution in [0.5, 0.6) is 11.5 Å². The molecule has 0 radical (unpaired) electrons. The van der Waals surface area contributed by atoms with Crippen molar-refractivity contribution in [3.8, 4) is 11.5 Å². The molecule has 1 N–H and O–H groups in total. The van der Waals surface area contributed by atoms with E-state index >= 15 is 0 Å². The monoisotopic (exact) mass is 368 g/mol. The van der Waals surface area contributed by atoms with Crippen molar-refractivity contribution in [3.05, 3.63) is 40.6 Å². The fourth-order valence-corrected chi connectivity index (χ4v) is 3.49. The Hall–Kier alpha value is -2.66.